The molecule has 2 aromatic carbocycles. The van der Waals surface area contributed by atoms with Crippen LogP contribution in [0, 0.1) is 13.8 Å². The molecule has 0 amide bonds. The predicted molar refractivity (Wildman–Crippen MR) is 76.1 cm³/mol. The molecule has 2 aromatic rings. The average molecular weight is 253 g/mol. The van der Waals surface area contributed by atoms with Gasteiger partial charge in [0.05, 0.1) is 0 Å². The third-order valence-corrected chi connectivity index (χ3v) is 2.89. The van der Waals surface area contributed by atoms with E-state index >= 15 is 0 Å². The summed E-state index contributed by atoms with van der Waals surface area (Å²) in [5, 5.41) is 0. The molecule has 19 heavy (non-hydrogen) atoms. The first-order valence-electron chi connectivity index (χ1n) is 6.31. The highest BCUT2D eigenvalue weighted by Crippen LogP contribution is 2.15. The van der Waals surface area contributed by atoms with Gasteiger partial charge in [-0.05, 0) is 37.1 Å². The van der Waals surface area contributed by atoms with E-state index in [9.17, 15) is 4.79 Å². The van der Waals surface area contributed by atoms with Gasteiger partial charge in [-0.3, -0.25) is 4.79 Å². The van der Waals surface area contributed by atoms with Gasteiger partial charge in [0.2, 0.25) is 6.29 Å². The molecule has 0 bridgehead atoms. The maximum Gasteiger partial charge on any atom is 0.203 e. The van der Waals surface area contributed by atoms with E-state index in [1.807, 2.05) is 30.6 Å². The van der Waals surface area contributed by atoms with Crippen LogP contribution in [-0.2, 0) is 17.8 Å². The fraction of sp³-hybridized carbons (Fsp3) is 0.235. The molecule has 97 valence electrons. The van der Waals surface area contributed by atoms with Gasteiger partial charge in [-0.2, -0.15) is 0 Å². The highest BCUT2D eigenvalue weighted by Gasteiger charge is 1.99. The van der Waals surface area contributed by atoms with Gasteiger partial charge in [0.15, 0.2) is 0 Å². The summed E-state index contributed by atoms with van der Waals surface area (Å²) in [6, 6.07) is 14.0. The summed E-state index contributed by atoms with van der Waals surface area (Å²) >= 11 is 0. The number of hydrogen-bond donors (Lipinski definition) is 0. The Bertz CT molecular complexity index is 536. The smallest absolute Gasteiger partial charge is 0.203 e. The molecule has 0 fully saturated rings. The summed E-state index contributed by atoms with van der Waals surface area (Å²) in [4.78, 5) is 10.3. The van der Waals surface area contributed by atoms with Gasteiger partial charge in [-0.25, -0.2) is 0 Å². The van der Waals surface area contributed by atoms with Crippen LogP contribution >= 0.6 is 0 Å². The maximum absolute atomic E-state index is 10.3. The van der Waals surface area contributed by atoms with E-state index in [0.29, 0.717) is 13.0 Å². The lowest BCUT2D eigenvalue weighted by Gasteiger charge is -2.08. The Hall–Kier alpha value is -2.09. The van der Waals surface area contributed by atoms with E-state index < -0.39 is 0 Å². The number of benzene rings is 2. The van der Waals surface area contributed by atoms with E-state index in [1.54, 1.807) is 0 Å². The first-order valence-corrected chi connectivity index (χ1v) is 6.31. The lowest BCUT2D eigenvalue weighted by Crippen LogP contribution is -1.97. The molecule has 0 atom stereocenters. The van der Waals surface area contributed by atoms with Crippen LogP contribution in [0.4, 0.5) is 0 Å². The minimum Gasteiger partial charge on any atom is -0.489 e. The number of ether oxygens (including phenoxy) is 1. The van der Waals surface area contributed by atoms with Crippen molar-refractivity contribution in [3.05, 3.63) is 64.7 Å². The quantitative estimate of drug-likeness (QED) is 0.814. The maximum atomic E-state index is 10.3. The third-order valence-electron chi connectivity index (χ3n) is 2.89. The molecule has 0 aliphatic carbocycles. The highest BCUT2D eigenvalue weighted by atomic mass is 16.5. The van der Waals surface area contributed by atoms with Crippen LogP contribution in [0.5, 0.6) is 5.75 Å². The summed E-state index contributed by atoms with van der Waals surface area (Å²) in [5.41, 5.74) is 4.61. The van der Waals surface area contributed by atoms with Gasteiger partial charge in [0, 0.05) is 6.42 Å². The first-order chi connectivity index (χ1) is 9.17. The van der Waals surface area contributed by atoms with Crippen molar-refractivity contribution in [3.63, 3.8) is 0 Å². The SMILES string of the molecule is Cc1cc(C)cc(COc2ccc(C[C]=O)cc2)c1. The van der Waals surface area contributed by atoms with Gasteiger partial charge in [0.25, 0.3) is 0 Å². The van der Waals surface area contributed by atoms with Gasteiger partial charge in [-0.15, -0.1) is 0 Å². The molecule has 2 heteroatoms. The topological polar surface area (TPSA) is 26.3 Å². The standard InChI is InChI=1S/C17H17O2/c1-13-9-14(2)11-16(10-13)12-19-17-5-3-15(4-6-17)7-8-18/h3-6,9-11H,7,12H2,1-2H3. The minimum atomic E-state index is 0.331. The Balaban J connectivity index is 1.99. The van der Waals surface area contributed by atoms with Crippen LogP contribution < -0.4 is 4.74 Å². The third kappa shape index (κ3) is 3.95. The van der Waals surface area contributed by atoms with Crippen molar-refractivity contribution < 1.29 is 9.53 Å². The van der Waals surface area contributed by atoms with Crippen molar-refractivity contribution in [1.29, 1.82) is 0 Å². The van der Waals surface area contributed by atoms with Crippen LogP contribution in [0.3, 0.4) is 0 Å². The van der Waals surface area contributed by atoms with Crippen LogP contribution in [0.2, 0.25) is 0 Å². The van der Waals surface area contributed by atoms with Crippen molar-refractivity contribution >= 4 is 6.29 Å². The highest BCUT2D eigenvalue weighted by molar-refractivity contribution is 5.55. The molecule has 0 heterocycles. The van der Waals surface area contributed by atoms with Gasteiger partial charge in [0.1, 0.15) is 12.4 Å². The van der Waals surface area contributed by atoms with E-state index in [4.69, 9.17) is 4.74 Å². The first kappa shape index (κ1) is 13.3. The molecule has 2 nitrogen and oxygen atoms in total. The molecule has 0 saturated carbocycles. The molecule has 0 aromatic heterocycles. The molecule has 0 aliphatic heterocycles. The van der Waals surface area contributed by atoms with E-state index in [0.717, 1.165) is 11.3 Å². The Morgan fingerprint density at radius 2 is 1.58 bits per heavy atom. The summed E-state index contributed by atoms with van der Waals surface area (Å²) in [6.07, 6.45) is 2.21. The lowest BCUT2D eigenvalue weighted by molar-refractivity contribution is 0.306. The van der Waals surface area contributed by atoms with Crippen molar-refractivity contribution in [2.24, 2.45) is 0 Å². The van der Waals surface area contributed by atoms with Crippen molar-refractivity contribution in [2.45, 2.75) is 26.9 Å². The Morgan fingerprint density at radius 3 is 2.16 bits per heavy atom. The van der Waals surface area contributed by atoms with Crippen LogP contribution in [0.1, 0.15) is 22.3 Å². The van der Waals surface area contributed by atoms with E-state index in [-0.39, 0.29) is 0 Å². The van der Waals surface area contributed by atoms with Crippen LogP contribution in [0.25, 0.3) is 0 Å². The molecule has 0 spiro atoms. The normalized spacial score (nSPS) is 10.2. The molecule has 0 N–H and O–H groups in total. The fourth-order valence-corrected chi connectivity index (χ4v) is 2.11. The molecular formula is C17H17O2. The fourth-order valence-electron chi connectivity index (χ4n) is 2.11. The van der Waals surface area contributed by atoms with E-state index in [1.165, 1.54) is 16.7 Å². The zero-order valence-corrected chi connectivity index (χ0v) is 11.3. The molecule has 0 aliphatic rings. The zero-order chi connectivity index (χ0) is 13.7. The average Bonchev–Trinajstić information content (AvgIpc) is 2.37. The van der Waals surface area contributed by atoms with Crippen LogP contribution in [-0.4, -0.2) is 6.29 Å². The van der Waals surface area contributed by atoms with E-state index in [2.05, 4.69) is 32.0 Å². The van der Waals surface area contributed by atoms with Crippen molar-refractivity contribution in [3.8, 4) is 5.75 Å². The summed E-state index contributed by atoms with van der Waals surface area (Å²) in [7, 11) is 0. The predicted octanol–water partition coefficient (Wildman–Crippen LogP) is 3.53. The summed E-state index contributed by atoms with van der Waals surface area (Å²) in [5.74, 6) is 0.814. The molecule has 0 saturated heterocycles. The molecular weight excluding hydrogens is 236 g/mol. The number of rotatable bonds is 5. The Labute approximate surface area is 114 Å². The minimum absolute atomic E-state index is 0.331. The molecule has 0 unspecified atom stereocenters. The molecule has 1 radical (unpaired) electrons. The number of hydrogen-bond acceptors (Lipinski definition) is 2. The zero-order valence-electron chi connectivity index (χ0n) is 11.3. The number of aryl methyl sites for hydroxylation is 2. The van der Waals surface area contributed by atoms with Crippen molar-refractivity contribution in [2.75, 3.05) is 0 Å². The van der Waals surface area contributed by atoms with Crippen molar-refractivity contribution in [1.82, 2.24) is 0 Å². The van der Waals surface area contributed by atoms with Gasteiger partial charge >= 0.3 is 0 Å². The molecule has 2 rings (SSSR count). The largest absolute Gasteiger partial charge is 0.489 e. The van der Waals surface area contributed by atoms with Gasteiger partial charge in [-0.1, -0.05) is 41.5 Å². The van der Waals surface area contributed by atoms with Crippen LogP contribution in [0.15, 0.2) is 42.5 Å². The second-order valence-corrected chi connectivity index (χ2v) is 4.75. The Kier molecular flexibility index (Phi) is 4.35. The summed E-state index contributed by atoms with van der Waals surface area (Å²) in [6.45, 7) is 4.73. The van der Waals surface area contributed by atoms with Gasteiger partial charge < -0.3 is 4.74 Å². The monoisotopic (exact) mass is 253 g/mol. The second-order valence-electron chi connectivity index (χ2n) is 4.75. The Morgan fingerprint density at radius 1 is 0.947 bits per heavy atom. The second kappa shape index (κ2) is 6.19. The summed E-state index contributed by atoms with van der Waals surface area (Å²) < 4.78 is 5.74. The lowest BCUT2D eigenvalue weighted by atomic mass is 10.1. The number of carbonyl (C=O) groups excluding carboxylic acids is 1.